The van der Waals surface area contributed by atoms with Crippen LogP contribution in [-0.2, 0) is 9.45 Å². The monoisotopic (exact) mass is 319 g/mol. The summed E-state index contributed by atoms with van der Waals surface area (Å²) in [4.78, 5) is 16.7. The van der Waals surface area contributed by atoms with E-state index in [4.69, 9.17) is 15.3 Å². The molecule has 2 aromatic carbocycles. The lowest BCUT2D eigenvalue weighted by Crippen LogP contribution is -2.62. The minimum absolute atomic E-state index is 0.138. The summed E-state index contributed by atoms with van der Waals surface area (Å²) in [6.07, 6.45) is 0. The summed E-state index contributed by atoms with van der Waals surface area (Å²) in [5, 5.41) is 0. The van der Waals surface area contributed by atoms with Crippen molar-refractivity contribution in [2.75, 3.05) is 0 Å². The molecule has 1 unspecified atom stereocenters. The van der Waals surface area contributed by atoms with E-state index in [-0.39, 0.29) is 11.7 Å². The smallest absolute Gasteiger partial charge is 0.336 e. The molecule has 0 aromatic heterocycles. The maximum absolute atomic E-state index is 11.9. The van der Waals surface area contributed by atoms with Crippen LogP contribution < -0.4 is 16.7 Å². The van der Waals surface area contributed by atoms with Crippen LogP contribution in [0.3, 0.4) is 0 Å². The molecule has 24 heavy (non-hydrogen) atoms. The first-order valence-corrected chi connectivity index (χ1v) is 7.97. The molecule has 0 radical (unpaired) electrons. The van der Waals surface area contributed by atoms with Gasteiger partial charge in [0, 0.05) is 5.71 Å². The summed E-state index contributed by atoms with van der Waals surface area (Å²) in [5.41, 5.74) is 10.1. The standard InChI is InChI=1S/C19H20BN2O2/c1-13-9-11-17(12-10-13)20(16-7-5-4-6-8-16)22-14(2)18(15(3)23)19(21)24-20/h4-12H,21H2,1-3H3/q-1. The number of nitrogens with zero attached hydrogens (tertiary/aromatic N) is 1. The van der Waals surface area contributed by atoms with Gasteiger partial charge in [-0.2, -0.15) is 0 Å². The highest BCUT2D eigenvalue weighted by Gasteiger charge is 2.36. The summed E-state index contributed by atoms with van der Waals surface area (Å²) in [6, 6.07) is 17.8. The van der Waals surface area contributed by atoms with E-state index < -0.39 is 6.48 Å². The fourth-order valence-corrected chi connectivity index (χ4v) is 3.23. The molecule has 0 bridgehead atoms. The van der Waals surface area contributed by atoms with Gasteiger partial charge >= 0.3 is 6.48 Å². The van der Waals surface area contributed by atoms with Crippen LogP contribution in [-0.4, -0.2) is 18.0 Å². The number of benzene rings is 2. The van der Waals surface area contributed by atoms with Crippen LogP contribution in [0.5, 0.6) is 0 Å². The number of Topliss-reactive ketones (excluding diaryl/α,β-unsaturated/α-hetero) is 1. The van der Waals surface area contributed by atoms with Crippen LogP contribution in [0.2, 0.25) is 0 Å². The molecule has 2 N–H and O–H groups in total. The Morgan fingerprint density at radius 1 is 1.00 bits per heavy atom. The Balaban J connectivity index is 2.23. The number of nitrogens with two attached hydrogens (primary N) is 1. The Kier molecular flexibility index (Phi) is 4.02. The lowest BCUT2D eigenvalue weighted by molar-refractivity contribution is -0.113. The normalized spacial score (nSPS) is 20.4. The van der Waals surface area contributed by atoms with Gasteiger partial charge in [-0.15, -0.1) is 10.9 Å². The van der Waals surface area contributed by atoms with Gasteiger partial charge in [0.1, 0.15) is 5.88 Å². The first-order valence-electron chi connectivity index (χ1n) is 7.97. The Hall–Kier alpha value is -2.82. The molecular weight excluding hydrogens is 299 g/mol. The quantitative estimate of drug-likeness (QED) is 0.878. The molecule has 0 saturated carbocycles. The zero-order valence-corrected chi connectivity index (χ0v) is 14.1. The maximum atomic E-state index is 11.9. The van der Waals surface area contributed by atoms with Gasteiger partial charge in [0.15, 0.2) is 5.78 Å². The molecular formula is C19H20BN2O2-. The molecule has 1 atom stereocenters. The number of hydrogen-bond donors (Lipinski definition) is 1. The molecule has 0 saturated heterocycles. The van der Waals surface area contributed by atoms with Gasteiger partial charge in [0.05, 0.1) is 5.57 Å². The van der Waals surface area contributed by atoms with E-state index in [9.17, 15) is 4.79 Å². The molecule has 0 fully saturated rings. The van der Waals surface area contributed by atoms with Crippen molar-refractivity contribution >= 4 is 28.9 Å². The molecule has 0 spiro atoms. The third-order valence-electron chi connectivity index (χ3n) is 4.41. The van der Waals surface area contributed by atoms with Crippen molar-refractivity contribution in [1.29, 1.82) is 0 Å². The predicted molar refractivity (Wildman–Crippen MR) is 98.7 cm³/mol. The third kappa shape index (κ3) is 2.62. The number of carbonyl (C=O) groups is 1. The highest BCUT2D eigenvalue weighted by Crippen LogP contribution is 2.22. The van der Waals surface area contributed by atoms with Crippen LogP contribution in [0, 0.1) is 6.92 Å². The van der Waals surface area contributed by atoms with Gasteiger partial charge in [0.2, 0.25) is 0 Å². The van der Waals surface area contributed by atoms with Gasteiger partial charge in [-0.25, -0.2) is 0 Å². The van der Waals surface area contributed by atoms with Crippen molar-refractivity contribution in [1.82, 2.24) is 0 Å². The van der Waals surface area contributed by atoms with E-state index >= 15 is 0 Å². The largest absolute Gasteiger partial charge is 0.676 e. The highest BCUT2D eigenvalue weighted by molar-refractivity contribution is 6.97. The number of aryl methyl sites for hydroxylation is 1. The number of ketones is 1. The number of carbonyl (C=O) groups excluding carboxylic acids is 1. The van der Waals surface area contributed by atoms with Gasteiger partial charge < -0.3 is 15.3 Å². The van der Waals surface area contributed by atoms with E-state index in [1.165, 1.54) is 6.92 Å². The summed E-state index contributed by atoms with van der Waals surface area (Å²) in [6.45, 7) is 3.40. The summed E-state index contributed by atoms with van der Waals surface area (Å²) in [5.74, 6) is -0.00505. The molecule has 122 valence electrons. The molecule has 1 aliphatic heterocycles. The SMILES string of the molecule is CC(=O)C1=C(N)O[B-](c2ccccc2)(c2ccc(C)cc2)N=C1C. The molecule has 0 amide bonds. The third-order valence-corrected chi connectivity index (χ3v) is 4.41. The second kappa shape index (κ2) is 6.00. The minimum Gasteiger partial charge on any atom is -0.676 e. The van der Waals surface area contributed by atoms with E-state index in [2.05, 4.69) is 0 Å². The van der Waals surface area contributed by atoms with E-state index in [0.29, 0.717) is 11.3 Å². The van der Waals surface area contributed by atoms with Gasteiger partial charge in [-0.05, 0) is 20.8 Å². The van der Waals surface area contributed by atoms with Crippen LogP contribution in [0.25, 0.3) is 0 Å². The van der Waals surface area contributed by atoms with Crippen molar-refractivity contribution in [3.05, 3.63) is 71.6 Å². The minimum atomic E-state index is -1.91. The van der Waals surface area contributed by atoms with Gasteiger partial charge in [-0.1, -0.05) is 60.2 Å². The van der Waals surface area contributed by atoms with Crippen LogP contribution in [0.4, 0.5) is 0 Å². The molecule has 5 heteroatoms. The first-order chi connectivity index (χ1) is 11.4. The van der Waals surface area contributed by atoms with Crippen LogP contribution in [0.1, 0.15) is 19.4 Å². The van der Waals surface area contributed by atoms with E-state index in [1.54, 1.807) is 6.92 Å². The average Bonchev–Trinajstić information content (AvgIpc) is 2.55. The zero-order chi connectivity index (χ0) is 17.3. The molecule has 3 rings (SSSR count). The fraction of sp³-hybridized carbons (Fsp3) is 0.158. The molecule has 0 aliphatic carbocycles. The van der Waals surface area contributed by atoms with Gasteiger partial charge in [0.25, 0.3) is 0 Å². The molecule has 1 aliphatic rings. The number of allylic oxidation sites excluding steroid dienone is 1. The maximum Gasteiger partial charge on any atom is 0.336 e. The van der Waals surface area contributed by atoms with Crippen LogP contribution in [0.15, 0.2) is 71.0 Å². The highest BCUT2D eigenvalue weighted by atomic mass is 16.5. The summed E-state index contributed by atoms with van der Waals surface area (Å²) >= 11 is 0. The summed E-state index contributed by atoms with van der Waals surface area (Å²) in [7, 11) is 0. The van der Waals surface area contributed by atoms with Crippen molar-refractivity contribution in [3.63, 3.8) is 0 Å². The topological polar surface area (TPSA) is 64.7 Å². The van der Waals surface area contributed by atoms with E-state index in [1.807, 2.05) is 61.5 Å². The second-order valence-electron chi connectivity index (χ2n) is 6.19. The Morgan fingerprint density at radius 3 is 2.12 bits per heavy atom. The Morgan fingerprint density at radius 2 is 1.58 bits per heavy atom. The lowest BCUT2D eigenvalue weighted by Gasteiger charge is -2.44. The number of hydrogen-bond acceptors (Lipinski definition) is 4. The Labute approximate surface area is 142 Å². The molecule has 2 aromatic rings. The second-order valence-corrected chi connectivity index (χ2v) is 6.19. The zero-order valence-electron chi connectivity index (χ0n) is 14.1. The van der Waals surface area contributed by atoms with Crippen molar-refractivity contribution < 1.29 is 9.45 Å². The molecule has 4 nitrogen and oxygen atoms in total. The van der Waals surface area contributed by atoms with Crippen molar-refractivity contribution in [2.45, 2.75) is 20.8 Å². The molecule has 1 heterocycles. The van der Waals surface area contributed by atoms with Gasteiger partial charge in [-0.3, -0.25) is 4.79 Å². The van der Waals surface area contributed by atoms with Crippen molar-refractivity contribution in [3.8, 4) is 0 Å². The average molecular weight is 319 g/mol. The number of rotatable bonds is 3. The fourth-order valence-electron chi connectivity index (χ4n) is 3.23. The van der Waals surface area contributed by atoms with Crippen LogP contribution >= 0.6 is 0 Å². The lowest BCUT2D eigenvalue weighted by atomic mass is 9.42. The van der Waals surface area contributed by atoms with Crippen molar-refractivity contribution in [2.24, 2.45) is 10.6 Å². The Bertz CT molecular complexity index is 841. The first kappa shape index (κ1) is 16.1. The van der Waals surface area contributed by atoms with E-state index in [0.717, 1.165) is 16.5 Å². The summed E-state index contributed by atoms with van der Waals surface area (Å²) < 4.78 is 6.14. The predicted octanol–water partition coefficient (Wildman–Crippen LogP) is 1.80.